The number of hydrogen-bond donors (Lipinski definition) is 3. The Morgan fingerprint density at radius 1 is 1.00 bits per heavy atom. The molecule has 1 saturated heterocycles. The maximum absolute atomic E-state index is 14.8. The number of imidazole rings is 1. The van der Waals surface area contributed by atoms with Gasteiger partial charge < -0.3 is 39.8 Å². The summed E-state index contributed by atoms with van der Waals surface area (Å²) in [6.07, 6.45) is 0.635. The van der Waals surface area contributed by atoms with Gasteiger partial charge in [-0.1, -0.05) is 11.6 Å². The molecule has 1 fully saturated rings. The first-order valence-electron chi connectivity index (χ1n) is 15.1. The van der Waals surface area contributed by atoms with Gasteiger partial charge in [-0.25, -0.2) is 19.0 Å². The van der Waals surface area contributed by atoms with Crippen LogP contribution in [0.2, 0.25) is 5.02 Å². The predicted octanol–water partition coefficient (Wildman–Crippen LogP) is 4.17. The van der Waals surface area contributed by atoms with Crippen LogP contribution in [0.25, 0.3) is 11.3 Å². The average molecular weight is 701 g/mol. The topological polar surface area (TPSA) is 171 Å². The summed E-state index contributed by atoms with van der Waals surface area (Å²) in [5.74, 6) is -4.07. The van der Waals surface area contributed by atoms with Crippen LogP contribution in [0.4, 0.5) is 24.1 Å². The van der Waals surface area contributed by atoms with Crippen LogP contribution in [0, 0.1) is 23.0 Å². The number of ether oxygens (including phenoxy) is 2. The number of carbonyl (C=O) groups excluding carboxylic acids is 4. The van der Waals surface area contributed by atoms with E-state index in [1.165, 1.54) is 48.1 Å². The number of aromatic nitrogens is 2. The summed E-state index contributed by atoms with van der Waals surface area (Å²) in [6.45, 7) is 6.27. The number of urea groups is 1. The fraction of sp³-hybridized carbons (Fsp3) is 0.375. The third-order valence-corrected chi connectivity index (χ3v) is 7.50. The molecule has 4 rings (SSSR count). The number of alkyl carbamates (subject to hydrolysis) is 1. The summed E-state index contributed by atoms with van der Waals surface area (Å²) < 4.78 is 40.6. The molecule has 5 amide bonds. The number of anilines is 1. The highest BCUT2D eigenvalue weighted by atomic mass is 35.5. The molecule has 0 saturated carbocycles. The zero-order valence-electron chi connectivity index (χ0n) is 27.2. The first-order valence-corrected chi connectivity index (χ1v) is 15.5. The van der Waals surface area contributed by atoms with E-state index in [0.717, 1.165) is 0 Å². The minimum atomic E-state index is -1.28. The highest BCUT2D eigenvalue weighted by molar-refractivity contribution is 6.34. The summed E-state index contributed by atoms with van der Waals surface area (Å²) in [5, 5.41) is 16.6. The van der Waals surface area contributed by atoms with Gasteiger partial charge in [0, 0.05) is 57.6 Å². The zero-order chi connectivity index (χ0) is 35.9. The van der Waals surface area contributed by atoms with Crippen molar-refractivity contribution >= 4 is 41.2 Å². The molecule has 49 heavy (non-hydrogen) atoms. The number of halogens is 3. The number of piperazine rings is 1. The van der Waals surface area contributed by atoms with Gasteiger partial charge in [0.1, 0.15) is 11.7 Å². The number of amides is 5. The van der Waals surface area contributed by atoms with Crippen LogP contribution >= 0.6 is 11.6 Å². The Hall–Kier alpha value is -5.43. The second kappa shape index (κ2) is 15.6. The normalized spacial score (nSPS) is 12.9. The lowest BCUT2D eigenvalue weighted by molar-refractivity contribution is 0.0527. The van der Waals surface area contributed by atoms with Crippen LogP contribution in [0.1, 0.15) is 41.7 Å². The fourth-order valence-corrected chi connectivity index (χ4v) is 5.08. The molecular weight excluding hydrogens is 666 g/mol. The molecule has 1 aliphatic rings. The Kier molecular flexibility index (Phi) is 11.6. The number of hydrogen-bond acceptors (Lipinski definition) is 8. The number of nitriles is 1. The quantitative estimate of drug-likeness (QED) is 0.279. The molecule has 17 heteroatoms. The summed E-state index contributed by atoms with van der Waals surface area (Å²) in [5.41, 5.74) is -0.227. The van der Waals surface area contributed by atoms with Crippen molar-refractivity contribution in [2.75, 3.05) is 51.2 Å². The minimum absolute atomic E-state index is 0.0808. The van der Waals surface area contributed by atoms with Gasteiger partial charge in [-0.2, -0.15) is 9.65 Å². The molecule has 260 valence electrons. The molecule has 0 bridgehead atoms. The first-order chi connectivity index (χ1) is 23.2. The van der Waals surface area contributed by atoms with Crippen molar-refractivity contribution in [2.24, 2.45) is 7.05 Å². The summed E-state index contributed by atoms with van der Waals surface area (Å²) in [7, 11) is 1.46. The van der Waals surface area contributed by atoms with E-state index in [2.05, 4.69) is 20.9 Å². The van der Waals surface area contributed by atoms with E-state index >= 15 is 0 Å². The number of nitrogens with one attached hydrogen (secondary N) is 3. The van der Waals surface area contributed by atoms with E-state index in [1.54, 1.807) is 36.6 Å². The Morgan fingerprint density at radius 2 is 1.67 bits per heavy atom. The lowest BCUT2D eigenvalue weighted by atomic mass is 10.1. The maximum Gasteiger partial charge on any atom is 0.407 e. The second-order valence-corrected chi connectivity index (χ2v) is 12.2. The monoisotopic (exact) mass is 700 g/mol. The van der Waals surface area contributed by atoms with Crippen molar-refractivity contribution in [3.63, 3.8) is 0 Å². The first kappa shape index (κ1) is 36.4. The summed E-state index contributed by atoms with van der Waals surface area (Å²) in [4.78, 5) is 57.7. The molecule has 1 aliphatic heterocycles. The fourth-order valence-electron chi connectivity index (χ4n) is 4.82. The van der Waals surface area contributed by atoms with Crippen molar-refractivity contribution in [1.82, 2.24) is 30.0 Å². The molecule has 2 heterocycles. The Balaban J connectivity index is 1.30. The molecule has 14 nitrogen and oxygen atoms in total. The van der Waals surface area contributed by atoms with Gasteiger partial charge in [0.15, 0.2) is 24.0 Å². The van der Waals surface area contributed by atoms with Crippen LogP contribution in [-0.4, -0.2) is 94.8 Å². The Morgan fingerprint density at radius 3 is 2.33 bits per heavy atom. The largest absolute Gasteiger partial charge is 0.476 e. The van der Waals surface area contributed by atoms with Crippen molar-refractivity contribution < 1.29 is 37.4 Å². The SMILES string of the molecule is Cn1c(-c2ccc(OCC#N)c(F)c2F)cnc1C(=O)Nc1ccc(C(=O)N2CCN(C(=O)NCCNC(=O)OC(C)(C)C)CC2)c(Cl)c1. The lowest BCUT2D eigenvalue weighted by Crippen LogP contribution is -2.53. The number of carbonyl (C=O) groups is 4. The molecule has 3 aromatic rings. The van der Waals surface area contributed by atoms with E-state index in [-0.39, 0.29) is 84.6 Å². The second-order valence-electron chi connectivity index (χ2n) is 11.8. The molecule has 3 N–H and O–H groups in total. The van der Waals surface area contributed by atoms with E-state index in [4.69, 9.17) is 26.3 Å². The third-order valence-electron chi connectivity index (χ3n) is 7.19. The Labute approximate surface area is 285 Å². The molecule has 0 atom stereocenters. The van der Waals surface area contributed by atoms with Gasteiger partial charge in [-0.05, 0) is 51.1 Å². The number of nitrogens with zero attached hydrogens (tertiary/aromatic N) is 5. The van der Waals surface area contributed by atoms with Gasteiger partial charge in [0.2, 0.25) is 5.82 Å². The molecule has 1 aromatic heterocycles. The molecule has 2 aromatic carbocycles. The van der Waals surface area contributed by atoms with Gasteiger partial charge in [-0.3, -0.25) is 9.59 Å². The molecule has 0 unspecified atom stereocenters. The van der Waals surface area contributed by atoms with Crippen molar-refractivity contribution in [3.05, 3.63) is 64.6 Å². The van der Waals surface area contributed by atoms with Crippen LogP contribution in [0.15, 0.2) is 36.5 Å². The highest BCUT2D eigenvalue weighted by Crippen LogP contribution is 2.30. The van der Waals surface area contributed by atoms with Gasteiger partial charge in [0.25, 0.3) is 11.8 Å². The van der Waals surface area contributed by atoms with Crippen molar-refractivity contribution in [2.45, 2.75) is 26.4 Å². The van der Waals surface area contributed by atoms with Gasteiger partial charge in [0.05, 0.1) is 22.5 Å². The van der Waals surface area contributed by atoms with Crippen molar-refractivity contribution in [1.29, 1.82) is 5.26 Å². The van der Waals surface area contributed by atoms with Gasteiger partial charge in [-0.15, -0.1) is 0 Å². The van der Waals surface area contributed by atoms with Crippen LogP contribution in [0.3, 0.4) is 0 Å². The summed E-state index contributed by atoms with van der Waals surface area (Å²) in [6, 6.07) is 8.14. The zero-order valence-corrected chi connectivity index (χ0v) is 28.0. The molecule has 0 aliphatic carbocycles. The number of benzene rings is 2. The van der Waals surface area contributed by atoms with E-state index < -0.39 is 41.6 Å². The third kappa shape index (κ3) is 9.14. The van der Waals surface area contributed by atoms with E-state index in [9.17, 15) is 28.0 Å². The average Bonchev–Trinajstić information content (AvgIpc) is 3.43. The standard InChI is InChI=1S/C32H35ClF2N8O6/c1-32(2,3)49-31(47)38-11-10-37-30(46)43-14-12-42(13-15-43)29(45)20-6-5-19(17-22(20)33)40-28(44)27-39-18-23(41(27)4)21-7-8-24(48-16-9-36)26(35)25(21)34/h5-8,17-18H,10-16H2,1-4H3,(H,37,46)(H,38,47)(H,40,44). The minimum Gasteiger partial charge on any atom is -0.476 e. The molecule has 0 spiro atoms. The molecule has 0 radical (unpaired) electrons. The van der Waals surface area contributed by atoms with Crippen LogP contribution < -0.4 is 20.7 Å². The van der Waals surface area contributed by atoms with Crippen molar-refractivity contribution in [3.8, 4) is 23.1 Å². The Bertz CT molecular complexity index is 1780. The van der Waals surface area contributed by atoms with E-state index in [1.807, 2.05) is 0 Å². The predicted molar refractivity (Wildman–Crippen MR) is 174 cm³/mol. The molecular formula is C32H35ClF2N8O6. The van der Waals surface area contributed by atoms with Crippen LogP contribution in [-0.2, 0) is 11.8 Å². The highest BCUT2D eigenvalue weighted by Gasteiger charge is 2.27. The smallest absolute Gasteiger partial charge is 0.407 e. The lowest BCUT2D eigenvalue weighted by Gasteiger charge is -2.35. The van der Waals surface area contributed by atoms with Crippen LogP contribution in [0.5, 0.6) is 5.75 Å². The summed E-state index contributed by atoms with van der Waals surface area (Å²) >= 11 is 6.43. The van der Waals surface area contributed by atoms with Gasteiger partial charge >= 0.3 is 12.1 Å². The maximum atomic E-state index is 14.8. The number of rotatable bonds is 9. The van der Waals surface area contributed by atoms with E-state index in [0.29, 0.717) is 0 Å².